The van der Waals surface area contributed by atoms with Crippen molar-refractivity contribution in [2.45, 2.75) is 152 Å². The van der Waals surface area contributed by atoms with E-state index in [2.05, 4.69) is 22.9 Å². The fraction of sp³-hybridized carbons (Fsp3) is 0.686. The number of amides is 4. The first-order valence-electron chi connectivity index (χ1n) is 17.0. The van der Waals surface area contributed by atoms with Gasteiger partial charge in [-0.05, 0) is 46.6 Å². The van der Waals surface area contributed by atoms with Crippen molar-refractivity contribution in [3.8, 4) is 0 Å². The third-order valence-corrected chi connectivity index (χ3v) is 10.1. The number of unbranched alkanes of at least 4 members (excludes halogenated alkanes) is 9. The van der Waals surface area contributed by atoms with Crippen molar-refractivity contribution in [2.75, 3.05) is 0 Å². The quantitative estimate of drug-likeness (QED) is 0.115. The molecule has 11 nitrogen and oxygen atoms in total. The van der Waals surface area contributed by atoms with Crippen LogP contribution < -0.4 is 16.0 Å². The van der Waals surface area contributed by atoms with Gasteiger partial charge in [0.25, 0.3) is 0 Å². The van der Waals surface area contributed by atoms with Crippen LogP contribution in [-0.2, 0) is 23.9 Å². The van der Waals surface area contributed by atoms with Gasteiger partial charge in [-0.3, -0.25) is 14.4 Å². The van der Waals surface area contributed by atoms with E-state index in [1.807, 2.05) is 0 Å². The Labute approximate surface area is 283 Å². The number of fused-ring (bicyclic) bond motifs is 1. The molecule has 4 N–H and O–H groups in total. The van der Waals surface area contributed by atoms with E-state index in [-0.39, 0.29) is 0 Å². The normalized spacial score (nSPS) is 21.2. The molecule has 1 unspecified atom stereocenters. The molecule has 0 aliphatic carbocycles. The summed E-state index contributed by atoms with van der Waals surface area (Å²) < 4.78 is 4.69. The Kier molecular flexibility index (Phi) is 14.0. The molecule has 0 spiro atoms. The van der Waals surface area contributed by atoms with Crippen LogP contribution in [0.15, 0.2) is 30.3 Å². The molecular formula is C35H54N4O7S. The minimum atomic E-state index is -1.16. The van der Waals surface area contributed by atoms with E-state index in [1.54, 1.807) is 65.0 Å². The summed E-state index contributed by atoms with van der Waals surface area (Å²) in [4.78, 5) is 66.5. The molecule has 5 atom stereocenters. The SMILES string of the molecule is CCCCCCCCCCCCC(NC(=O)OC(C)(C)C)C(=O)N[C@@H](C(=O)N[C@@H]1C(=O)N2[C@@H]1SC(C)(C)[C@@H]2C(=O)O)c1ccccc1. The molecule has 262 valence electrons. The Morgan fingerprint density at radius 1 is 0.915 bits per heavy atom. The molecule has 2 heterocycles. The maximum atomic E-state index is 13.7. The largest absolute Gasteiger partial charge is 0.480 e. The number of carbonyl (C=O) groups is 5. The summed E-state index contributed by atoms with van der Waals surface area (Å²) in [7, 11) is 0. The molecule has 2 saturated heterocycles. The summed E-state index contributed by atoms with van der Waals surface area (Å²) in [6.45, 7) is 11.0. The van der Waals surface area contributed by atoms with Crippen LogP contribution in [0.4, 0.5) is 4.79 Å². The molecule has 2 aliphatic rings. The lowest BCUT2D eigenvalue weighted by molar-refractivity contribution is -0.161. The summed E-state index contributed by atoms with van der Waals surface area (Å²) in [5.41, 5.74) is -0.260. The first-order chi connectivity index (χ1) is 22.2. The van der Waals surface area contributed by atoms with Crippen LogP contribution in [0.3, 0.4) is 0 Å². The first kappa shape index (κ1) is 38.2. The van der Waals surface area contributed by atoms with Gasteiger partial charge in [0.2, 0.25) is 17.7 Å². The van der Waals surface area contributed by atoms with Crippen molar-refractivity contribution in [1.82, 2.24) is 20.9 Å². The predicted molar refractivity (Wildman–Crippen MR) is 183 cm³/mol. The second kappa shape index (κ2) is 17.2. The minimum Gasteiger partial charge on any atom is -0.480 e. The van der Waals surface area contributed by atoms with Gasteiger partial charge in [0.15, 0.2) is 0 Å². The summed E-state index contributed by atoms with van der Waals surface area (Å²) in [5, 5.41) is 17.5. The Bertz CT molecular complexity index is 1240. The molecule has 12 heteroatoms. The van der Waals surface area contributed by atoms with Gasteiger partial charge in [-0.2, -0.15) is 0 Å². The van der Waals surface area contributed by atoms with Gasteiger partial charge >= 0.3 is 12.1 Å². The number of hydrogen-bond donors (Lipinski definition) is 4. The van der Waals surface area contributed by atoms with Crippen molar-refractivity contribution >= 4 is 41.5 Å². The number of β-lactam (4-membered cyclic amide) rings is 1. The van der Waals surface area contributed by atoms with E-state index in [4.69, 9.17) is 4.74 Å². The molecule has 3 rings (SSSR count). The lowest BCUT2D eigenvalue weighted by Crippen LogP contribution is -2.71. The number of hydrogen-bond acceptors (Lipinski definition) is 7. The monoisotopic (exact) mass is 674 g/mol. The summed E-state index contributed by atoms with van der Waals surface area (Å²) >= 11 is 1.33. The van der Waals surface area contributed by atoms with E-state index in [1.165, 1.54) is 55.2 Å². The molecule has 47 heavy (non-hydrogen) atoms. The zero-order valence-electron chi connectivity index (χ0n) is 28.8. The molecule has 0 bridgehead atoms. The maximum absolute atomic E-state index is 13.7. The molecule has 2 fully saturated rings. The summed E-state index contributed by atoms with van der Waals surface area (Å²) in [5.74, 6) is -2.71. The number of nitrogens with one attached hydrogen (secondary N) is 3. The topological polar surface area (TPSA) is 154 Å². The van der Waals surface area contributed by atoms with Gasteiger partial charge in [-0.1, -0.05) is 101 Å². The van der Waals surface area contributed by atoms with Crippen LogP contribution in [0.5, 0.6) is 0 Å². The number of thioether (sulfide) groups is 1. The van der Waals surface area contributed by atoms with Gasteiger partial charge in [0, 0.05) is 4.75 Å². The highest BCUT2D eigenvalue weighted by Gasteiger charge is 2.64. The van der Waals surface area contributed by atoms with Crippen molar-refractivity contribution in [3.63, 3.8) is 0 Å². The zero-order valence-corrected chi connectivity index (χ0v) is 29.6. The third-order valence-electron chi connectivity index (χ3n) is 8.51. The number of ether oxygens (including phenoxy) is 1. The van der Waals surface area contributed by atoms with Gasteiger partial charge in [-0.15, -0.1) is 11.8 Å². The smallest absolute Gasteiger partial charge is 0.408 e. The van der Waals surface area contributed by atoms with Crippen LogP contribution in [0.1, 0.15) is 124 Å². The predicted octanol–water partition coefficient (Wildman–Crippen LogP) is 5.68. The molecule has 1 aromatic carbocycles. The number of carbonyl (C=O) groups excluding carboxylic acids is 4. The zero-order chi connectivity index (χ0) is 34.8. The Morgan fingerprint density at radius 2 is 1.49 bits per heavy atom. The Balaban J connectivity index is 1.67. The average Bonchev–Trinajstić information content (AvgIpc) is 3.25. The highest BCUT2D eigenvalue weighted by Crippen LogP contribution is 2.50. The van der Waals surface area contributed by atoms with E-state index in [9.17, 15) is 29.1 Å². The molecule has 0 saturated carbocycles. The summed E-state index contributed by atoms with van der Waals surface area (Å²) in [6.07, 6.45) is 10.9. The molecular weight excluding hydrogens is 620 g/mol. The second-order valence-electron chi connectivity index (χ2n) is 14.1. The molecule has 0 aromatic heterocycles. The van der Waals surface area contributed by atoms with Crippen molar-refractivity contribution in [3.05, 3.63) is 35.9 Å². The molecule has 4 amide bonds. The second-order valence-corrected chi connectivity index (χ2v) is 15.9. The van der Waals surface area contributed by atoms with Gasteiger partial charge in [-0.25, -0.2) is 9.59 Å². The van der Waals surface area contributed by atoms with Crippen molar-refractivity contribution in [2.24, 2.45) is 0 Å². The number of rotatable bonds is 18. The number of aliphatic carboxylic acids is 1. The van der Waals surface area contributed by atoms with E-state index >= 15 is 0 Å². The highest BCUT2D eigenvalue weighted by atomic mass is 32.2. The van der Waals surface area contributed by atoms with E-state index < -0.39 is 69.7 Å². The maximum Gasteiger partial charge on any atom is 0.408 e. The lowest BCUT2D eigenvalue weighted by atomic mass is 9.95. The Hall–Kier alpha value is -3.28. The fourth-order valence-electron chi connectivity index (χ4n) is 6.13. The van der Waals surface area contributed by atoms with Crippen molar-refractivity contribution < 1.29 is 33.8 Å². The third kappa shape index (κ3) is 10.9. The fourth-order valence-corrected chi connectivity index (χ4v) is 7.75. The van der Waals surface area contributed by atoms with Crippen LogP contribution >= 0.6 is 11.8 Å². The number of nitrogens with zero attached hydrogens (tertiary/aromatic N) is 1. The molecule has 2 aliphatic heterocycles. The number of benzene rings is 1. The molecule has 0 radical (unpaired) electrons. The highest BCUT2D eigenvalue weighted by molar-refractivity contribution is 8.01. The number of alkyl carbamates (subject to hydrolysis) is 1. The van der Waals surface area contributed by atoms with E-state index in [0.29, 0.717) is 18.4 Å². The lowest BCUT2D eigenvalue weighted by Gasteiger charge is -2.44. The standard InChI is InChI=1S/C35H54N4O7S/c1-7-8-9-10-11-12-13-14-15-19-22-24(36-33(45)46-34(2,3)4)28(40)37-25(23-20-17-16-18-21-23)29(41)38-26-30(42)39-27(32(43)44)35(5,6)47-31(26)39/h16-18,20-21,24-27,31H,7-15,19,22H2,1-6H3,(H,36,45)(H,37,40)(H,38,41)(H,43,44)/t24?,25-,26-,27+,31-/m1/s1. The van der Waals surface area contributed by atoms with E-state index in [0.717, 1.165) is 19.3 Å². The molecule has 1 aromatic rings. The first-order valence-corrected chi connectivity index (χ1v) is 17.9. The van der Waals surface area contributed by atoms with Crippen LogP contribution in [0, 0.1) is 0 Å². The number of carboxylic acids is 1. The van der Waals surface area contributed by atoms with Crippen LogP contribution in [-0.4, -0.2) is 73.6 Å². The Morgan fingerprint density at radius 3 is 2.04 bits per heavy atom. The van der Waals surface area contributed by atoms with Gasteiger partial charge < -0.3 is 30.7 Å². The average molecular weight is 675 g/mol. The van der Waals surface area contributed by atoms with Gasteiger partial charge in [0.05, 0.1) is 0 Å². The van der Waals surface area contributed by atoms with Gasteiger partial charge in [0.1, 0.15) is 35.1 Å². The number of carboxylic acid groups (broad SMARTS) is 1. The summed E-state index contributed by atoms with van der Waals surface area (Å²) in [6, 6.07) is 4.63. The van der Waals surface area contributed by atoms with Crippen LogP contribution in [0.25, 0.3) is 0 Å². The minimum absolute atomic E-state index is 0.366. The van der Waals surface area contributed by atoms with Crippen molar-refractivity contribution in [1.29, 1.82) is 0 Å². The van der Waals surface area contributed by atoms with Crippen LogP contribution in [0.2, 0.25) is 0 Å².